The zero-order chi connectivity index (χ0) is 20.8. The highest BCUT2D eigenvalue weighted by molar-refractivity contribution is 7.99. The molecule has 0 aliphatic rings. The van der Waals surface area contributed by atoms with Gasteiger partial charge in [-0.1, -0.05) is 11.8 Å². The van der Waals surface area contributed by atoms with Gasteiger partial charge in [0.25, 0.3) is 0 Å². The molecule has 0 aliphatic heterocycles. The number of hydrogen-bond donors (Lipinski definition) is 1. The highest BCUT2D eigenvalue weighted by atomic mass is 32.2. The molecule has 0 unspecified atom stereocenters. The SMILES string of the molecule is COc1ccc(-c2nnc(SCC(=O)NCCCn3nc(C)cc3C)n2C)cc1. The van der Waals surface area contributed by atoms with Crippen molar-refractivity contribution in [3.63, 3.8) is 0 Å². The van der Waals surface area contributed by atoms with Crippen LogP contribution in [0.2, 0.25) is 0 Å². The molecule has 8 nitrogen and oxygen atoms in total. The predicted molar refractivity (Wildman–Crippen MR) is 113 cm³/mol. The van der Waals surface area contributed by atoms with E-state index >= 15 is 0 Å². The average molecular weight is 415 g/mol. The summed E-state index contributed by atoms with van der Waals surface area (Å²) in [5.74, 6) is 1.83. The van der Waals surface area contributed by atoms with Crippen LogP contribution in [-0.2, 0) is 18.4 Å². The van der Waals surface area contributed by atoms with E-state index in [0.29, 0.717) is 17.5 Å². The summed E-state index contributed by atoms with van der Waals surface area (Å²) < 4.78 is 9.04. The number of rotatable bonds is 9. The van der Waals surface area contributed by atoms with Gasteiger partial charge in [0.2, 0.25) is 5.91 Å². The van der Waals surface area contributed by atoms with Crippen molar-refractivity contribution in [1.29, 1.82) is 0 Å². The molecule has 1 aromatic carbocycles. The van der Waals surface area contributed by atoms with Gasteiger partial charge in [0.1, 0.15) is 5.75 Å². The Hall–Kier alpha value is -2.81. The van der Waals surface area contributed by atoms with Gasteiger partial charge in [-0.2, -0.15) is 5.10 Å². The van der Waals surface area contributed by atoms with Gasteiger partial charge in [-0.25, -0.2) is 0 Å². The fraction of sp³-hybridized carbons (Fsp3) is 0.400. The van der Waals surface area contributed by atoms with E-state index in [1.807, 2.05) is 54.4 Å². The van der Waals surface area contributed by atoms with Gasteiger partial charge in [-0.05, 0) is 50.6 Å². The summed E-state index contributed by atoms with van der Waals surface area (Å²) in [6, 6.07) is 9.70. The van der Waals surface area contributed by atoms with Crippen LogP contribution in [-0.4, -0.2) is 49.9 Å². The van der Waals surface area contributed by atoms with E-state index < -0.39 is 0 Å². The van der Waals surface area contributed by atoms with E-state index in [-0.39, 0.29) is 5.91 Å². The number of nitrogens with zero attached hydrogens (tertiary/aromatic N) is 5. The molecule has 3 aromatic rings. The van der Waals surface area contributed by atoms with E-state index in [4.69, 9.17) is 4.74 Å². The second kappa shape index (κ2) is 9.60. The van der Waals surface area contributed by atoms with E-state index in [2.05, 4.69) is 26.7 Å². The lowest BCUT2D eigenvalue weighted by Gasteiger charge is -2.07. The summed E-state index contributed by atoms with van der Waals surface area (Å²) in [6.07, 6.45) is 0.837. The Bertz CT molecular complexity index is 964. The van der Waals surface area contributed by atoms with Crippen LogP contribution in [0.25, 0.3) is 11.4 Å². The first kappa shape index (κ1) is 20.9. The molecule has 2 aromatic heterocycles. The fourth-order valence-corrected chi connectivity index (χ4v) is 3.71. The third-order valence-electron chi connectivity index (χ3n) is 4.49. The maximum absolute atomic E-state index is 12.1. The minimum atomic E-state index is -0.0163. The first-order valence-electron chi connectivity index (χ1n) is 9.42. The second-order valence-electron chi connectivity index (χ2n) is 6.74. The molecule has 0 fully saturated rings. The molecule has 154 valence electrons. The van der Waals surface area contributed by atoms with Crippen molar-refractivity contribution in [2.24, 2.45) is 7.05 Å². The van der Waals surface area contributed by atoms with Gasteiger partial charge in [-0.3, -0.25) is 9.48 Å². The lowest BCUT2D eigenvalue weighted by molar-refractivity contribution is -0.118. The van der Waals surface area contributed by atoms with Crippen LogP contribution in [0.5, 0.6) is 5.75 Å². The lowest BCUT2D eigenvalue weighted by atomic mass is 10.2. The Morgan fingerprint density at radius 1 is 1.21 bits per heavy atom. The van der Waals surface area contributed by atoms with Crippen molar-refractivity contribution in [2.45, 2.75) is 32.0 Å². The summed E-state index contributed by atoms with van der Waals surface area (Å²) in [6.45, 7) is 5.43. The van der Waals surface area contributed by atoms with Crippen LogP contribution in [0.4, 0.5) is 0 Å². The van der Waals surface area contributed by atoms with Crippen molar-refractivity contribution in [1.82, 2.24) is 29.9 Å². The molecule has 0 radical (unpaired) electrons. The number of aromatic nitrogens is 5. The van der Waals surface area contributed by atoms with Crippen molar-refractivity contribution in [3.8, 4) is 17.1 Å². The molecular weight excluding hydrogens is 388 g/mol. The Balaban J connectivity index is 1.45. The average Bonchev–Trinajstić information content (AvgIpc) is 3.24. The number of methoxy groups -OCH3 is 1. The predicted octanol–water partition coefficient (Wildman–Crippen LogP) is 2.60. The molecule has 2 heterocycles. The molecular formula is C20H26N6O2S. The van der Waals surface area contributed by atoms with E-state index in [9.17, 15) is 4.79 Å². The summed E-state index contributed by atoms with van der Waals surface area (Å²) in [5.41, 5.74) is 3.10. The lowest BCUT2D eigenvalue weighted by Crippen LogP contribution is -2.27. The molecule has 0 spiro atoms. The largest absolute Gasteiger partial charge is 0.497 e. The molecule has 0 saturated carbocycles. The number of aryl methyl sites for hydroxylation is 3. The maximum Gasteiger partial charge on any atom is 0.230 e. The third kappa shape index (κ3) is 5.38. The standard InChI is InChI=1S/C20H26N6O2S/c1-14-12-15(2)26(24-14)11-5-10-21-18(27)13-29-20-23-22-19(25(20)3)16-6-8-17(28-4)9-7-16/h6-9,12H,5,10-11,13H2,1-4H3,(H,21,27). The monoisotopic (exact) mass is 414 g/mol. The summed E-state index contributed by atoms with van der Waals surface area (Å²) >= 11 is 1.37. The number of hydrogen-bond acceptors (Lipinski definition) is 6. The van der Waals surface area contributed by atoms with Crippen LogP contribution < -0.4 is 10.1 Å². The number of thioether (sulfide) groups is 1. The number of nitrogens with one attached hydrogen (secondary N) is 1. The maximum atomic E-state index is 12.1. The van der Waals surface area contributed by atoms with Crippen molar-refractivity contribution in [3.05, 3.63) is 41.7 Å². The Labute approximate surface area is 174 Å². The minimum Gasteiger partial charge on any atom is -0.497 e. The van der Waals surface area contributed by atoms with E-state index in [1.54, 1.807) is 7.11 Å². The highest BCUT2D eigenvalue weighted by Crippen LogP contribution is 2.24. The van der Waals surface area contributed by atoms with Crippen LogP contribution in [0.1, 0.15) is 17.8 Å². The van der Waals surface area contributed by atoms with Crippen LogP contribution in [0.15, 0.2) is 35.5 Å². The van der Waals surface area contributed by atoms with Crippen molar-refractivity contribution >= 4 is 17.7 Å². The quantitative estimate of drug-likeness (QED) is 0.428. The highest BCUT2D eigenvalue weighted by Gasteiger charge is 2.13. The van der Waals surface area contributed by atoms with Gasteiger partial charge in [0.05, 0.1) is 18.6 Å². The van der Waals surface area contributed by atoms with Crippen LogP contribution in [0.3, 0.4) is 0 Å². The summed E-state index contributed by atoms with van der Waals surface area (Å²) in [4.78, 5) is 12.1. The van der Waals surface area contributed by atoms with Gasteiger partial charge >= 0.3 is 0 Å². The molecule has 0 atom stereocenters. The molecule has 1 amide bonds. The van der Waals surface area contributed by atoms with Crippen LogP contribution >= 0.6 is 11.8 Å². The molecule has 0 bridgehead atoms. The number of amides is 1. The fourth-order valence-electron chi connectivity index (χ4n) is 2.97. The summed E-state index contributed by atoms with van der Waals surface area (Å²) in [7, 11) is 3.53. The van der Waals surface area contributed by atoms with Crippen LogP contribution in [0, 0.1) is 13.8 Å². The number of carbonyl (C=O) groups is 1. The molecule has 0 aliphatic carbocycles. The molecule has 1 N–H and O–H groups in total. The zero-order valence-corrected chi connectivity index (χ0v) is 18.0. The molecule has 29 heavy (non-hydrogen) atoms. The van der Waals surface area contributed by atoms with Gasteiger partial charge < -0.3 is 14.6 Å². The molecule has 3 rings (SSSR count). The molecule has 0 saturated heterocycles. The number of carbonyl (C=O) groups excluding carboxylic acids is 1. The van der Waals surface area contributed by atoms with Crippen molar-refractivity contribution in [2.75, 3.05) is 19.4 Å². The van der Waals surface area contributed by atoms with Crippen molar-refractivity contribution < 1.29 is 9.53 Å². The Morgan fingerprint density at radius 3 is 2.62 bits per heavy atom. The number of ether oxygens (including phenoxy) is 1. The second-order valence-corrected chi connectivity index (χ2v) is 7.68. The molecule has 9 heteroatoms. The van der Waals surface area contributed by atoms with E-state index in [1.165, 1.54) is 11.8 Å². The Morgan fingerprint density at radius 2 is 1.97 bits per heavy atom. The van der Waals surface area contributed by atoms with Gasteiger partial charge in [-0.15, -0.1) is 10.2 Å². The minimum absolute atomic E-state index is 0.0163. The Kier molecular flexibility index (Phi) is 6.92. The van der Waals surface area contributed by atoms with Gasteiger partial charge in [0.15, 0.2) is 11.0 Å². The van der Waals surface area contributed by atoms with Gasteiger partial charge in [0, 0.05) is 31.4 Å². The topological polar surface area (TPSA) is 86.9 Å². The zero-order valence-electron chi connectivity index (χ0n) is 17.2. The smallest absolute Gasteiger partial charge is 0.230 e. The third-order valence-corrected chi connectivity index (χ3v) is 5.51. The normalized spacial score (nSPS) is 10.9. The first-order valence-corrected chi connectivity index (χ1v) is 10.4. The summed E-state index contributed by atoms with van der Waals surface area (Å²) in [5, 5.41) is 16.5. The van der Waals surface area contributed by atoms with E-state index in [0.717, 1.165) is 41.5 Å². The number of benzene rings is 1. The first-order chi connectivity index (χ1) is 14.0.